The Morgan fingerprint density at radius 3 is 1.25 bits per heavy atom. The molecule has 0 saturated heterocycles. The molecule has 0 aliphatic carbocycles. The molecule has 79 heavy (non-hydrogen) atoms. The molecule has 0 N–H and O–H groups in total. The van der Waals surface area contributed by atoms with Crippen molar-refractivity contribution in [2.75, 3.05) is 40.1 Å². The molecule has 0 aromatic rings. The van der Waals surface area contributed by atoms with E-state index in [4.69, 9.17) is 28.4 Å². The van der Waals surface area contributed by atoms with Crippen LogP contribution in [0.3, 0.4) is 0 Å². The van der Waals surface area contributed by atoms with Crippen LogP contribution in [0.4, 0.5) is 0 Å². The Morgan fingerprint density at radius 1 is 0.570 bits per heavy atom. The van der Waals surface area contributed by atoms with E-state index in [1.807, 2.05) is 152 Å². The number of ketones is 3. The lowest BCUT2D eigenvalue weighted by molar-refractivity contribution is -0.145. The van der Waals surface area contributed by atoms with Crippen LogP contribution in [0.1, 0.15) is 193 Å². The topological polar surface area (TPSA) is 184 Å². The summed E-state index contributed by atoms with van der Waals surface area (Å²) in [5, 5.41) is 0. The van der Waals surface area contributed by atoms with Crippen molar-refractivity contribution in [3.8, 4) is 0 Å². The zero-order chi connectivity index (χ0) is 64.2. The smallest absolute Gasteiger partial charge is 0.335 e. The second kappa shape index (κ2) is 46.4. The SMILES string of the molecule is C/C=C/C(=O)C(C)(C)C.C=C(COC(C)C)C(=O)OCC.C=CC(=O)OC(C=C)C(C)(C)C.CC(C)=CC(=O)C(C)(C)C.CC(C)=CC(=O)CC(C)(C)C.CCOC(=O)/C=C/COC(C)(C)C.COC(=O)/C=C/COC(C)(C)C. The Labute approximate surface area is 482 Å². The molecule has 0 spiro atoms. The number of hydrogen-bond acceptors (Lipinski definition) is 14. The molecule has 0 aromatic carbocycles. The Balaban J connectivity index is -0.000000154. The van der Waals surface area contributed by atoms with Crippen molar-refractivity contribution in [3.05, 3.63) is 97.2 Å². The molecule has 0 aromatic heterocycles. The first-order valence-corrected chi connectivity index (χ1v) is 26.9. The molecule has 0 fully saturated rings. The first-order chi connectivity index (χ1) is 35.5. The normalized spacial score (nSPS) is 11.7. The maximum atomic E-state index is 11.2. The zero-order valence-electron chi connectivity index (χ0n) is 55.0. The third-order valence-corrected chi connectivity index (χ3v) is 8.22. The molecule has 0 aliphatic heterocycles. The van der Waals surface area contributed by atoms with Gasteiger partial charge in [0.15, 0.2) is 17.3 Å². The van der Waals surface area contributed by atoms with E-state index in [2.05, 4.69) is 45.2 Å². The first-order valence-electron chi connectivity index (χ1n) is 26.9. The standard InChI is InChI=1S/C10H18O3.C10H16O2.C10H18O.2C9H16O3.C9H16O.C8H14O/c1-5-12-9(11)7-6-8-13-10(2,3)4;1-6-8(10(3,4)5)12-9(11)7-2;1-8(2)6-9(11)7-10(3,4)5;1-9(2,3)12-7-5-6-8(10)11-4;1-5-11-9(10)8(4)6-12-7(2)3;1-7(2)6-8(10)9(3,4)5;1-5-6-7(9)8(2,3)4/h6-7H,5,8H2,1-4H3;6-8H,1-2H2,3-5H3;6H,7H2,1-5H3;5-6H,7H2,1-4H3;7H,4-6H2,1-3H3;6H,1-5H3;5-6H,1-4H3/b7-6+;;;6-5+;;;6-5+. The van der Waals surface area contributed by atoms with Crippen LogP contribution in [-0.2, 0) is 66.7 Å². The van der Waals surface area contributed by atoms with Gasteiger partial charge in [-0.2, -0.15) is 0 Å². The highest BCUT2D eigenvalue weighted by molar-refractivity contribution is 5.94. The molecular formula is C65H114O14. The maximum absolute atomic E-state index is 11.2. The fraction of sp³-hybridized carbons (Fsp3) is 0.646. The van der Waals surface area contributed by atoms with E-state index >= 15 is 0 Å². The summed E-state index contributed by atoms with van der Waals surface area (Å²) in [6, 6.07) is 0. The molecule has 1 unspecified atom stereocenters. The summed E-state index contributed by atoms with van der Waals surface area (Å²) in [6.07, 6.45) is 16.1. The number of esters is 4. The van der Waals surface area contributed by atoms with Gasteiger partial charge in [-0.3, -0.25) is 14.4 Å². The Hall–Kier alpha value is -5.31. The summed E-state index contributed by atoms with van der Waals surface area (Å²) in [5.74, 6) is -0.838. The molecule has 0 heterocycles. The van der Waals surface area contributed by atoms with Crippen LogP contribution in [0.5, 0.6) is 0 Å². The number of hydrogen-bond donors (Lipinski definition) is 0. The summed E-state index contributed by atoms with van der Waals surface area (Å²) >= 11 is 0. The maximum Gasteiger partial charge on any atom is 0.335 e. The molecule has 0 amide bonds. The minimum atomic E-state index is -0.408. The fourth-order valence-electron chi connectivity index (χ4n) is 4.23. The summed E-state index contributed by atoms with van der Waals surface area (Å²) in [6.45, 7) is 64.7. The molecule has 0 aliphatic rings. The third-order valence-electron chi connectivity index (χ3n) is 8.22. The fourth-order valence-corrected chi connectivity index (χ4v) is 4.23. The summed E-state index contributed by atoms with van der Waals surface area (Å²) < 4.78 is 34.7. The second-order valence-corrected chi connectivity index (χ2v) is 24.6. The van der Waals surface area contributed by atoms with E-state index in [9.17, 15) is 33.6 Å². The molecule has 14 nitrogen and oxygen atoms in total. The number of methoxy groups -OCH3 is 1. The highest BCUT2D eigenvalue weighted by Crippen LogP contribution is 2.23. The van der Waals surface area contributed by atoms with Crippen molar-refractivity contribution in [2.45, 2.75) is 217 Å². The number of allylic oxidation sites excluding steroid dienone is 6. The predicted molar refractivity (Wildman–Crippen MR) is 327 cm³/mol. The van der Waals surface area contributed by atoms with Crippen LogP contribution in [-0.4, -0.2) is 105 Å². The molecular weight excluding hydrogens is 1000 g/mol. The number of carbonyl (C=O) groups excluding carboxylic acids is 7. The number of ether oxygens (including phenoxy) is 7. The summed E-state index contributed by atoms with van der Waals surface area (Å²) in [4.78, 5) is 76.5. The number of rotatable bonds is 19. The molecule has 1 atom stereocenters. The van der Waals surface area contributed by atoms with Crippen molar-refractivity contribution in [1.29, 1.82) is 0 Å². The van der Waals surface area contributed by atoms with Gasteiger partial charge >= 0.3 is 23.9 Å². The van der Waals surface area contributed by atoms with E-state index in [1.54, 1.807) is 56.4 Å². The first kappa shape index (κ1) is 87.5. The molecule has 14 heteroatoms. The average molecular weight is 1120 g/mol. The summed E-state index contributed by atoms with van der Waals surface area (Å²) in [7, 11) is 1.34. The van der Waals surface area contributed by atoms with Gasteiger partial charge in [0, 0.05) is 40.9 Å². The Kier molecular flexibility index (Phi) is 51.5. The van der Waals surface area contributed by atoms with Gasteiger partial charge in [-0.05, 0) is 127 Å². The molecule has 0 radical (unpaired) electrons. The van der Waals surface area contributed by atoms with Gasteiger partial charge in [-0.15, -0.1) is 0 Å². The van der Waals surface area contributed by atoms with Gasteiger partial charge in [0.05, 0.1) is 63.0 Å². The molecule has 0 bridgehead atoms. The minimum absolute atomic E-state index is 0.108. The van der Waals surface area contributed by atoms with E-state index in [0.717, 1.165) is 17.2 Å². The van der Waals surface area contributed by atoms with Crippen LogP contribution in [0, 0.1) is 21.7 Å². The van der Waals surface area contributed by atoms with Crippen molar-refractivity contribution < 1.29 is 66.7 Å². The lowest BCUT2D eigenvalue weighted by Gasteiger charge is -2.26. The Bertz CT molecular complexity index is 1920. The number of carbonyl (C=O) groups is 7. The van der Waals surface area contributed by atoms with E-state index < -0.39 is 5.97 Å². The monoisotopic (exact) mass is 1120 g/mol. The Morgan fingerprint density at radius 2 is 0.987 bits per heavy atom. The average Bonchev–Trinajstić information content (AvgIpc) is 3.26. The van der Waals surface area contributed by atoms with E-state index in [1.165, 1.54) is 19.3 Å². The predicted octanol–water partition coefficient (Wildman–Crippen LogP) is 15.0. The van der Waals surface area contributed by atoms with Crippen molar-refractivity contribution in [1.82, 2.24) is 0 Å². The molecule has 0 rings (SSSR count). The van der Waals surface area contributed by atoms with Gasteiger partial charge in [-0.1, -0.05) is 138 Å². The van der Waals surface area contributed by atoms with Crippen LogP contribution >= 0.6 is 0 Å². The van der Waals surface area contributed by atoms with Crippen LogP contribution in [0.2, 0.25) is 0 Å². The largest absolute Gasteiger partial charge is 0.466 e. The van der Waals surface area contributed by atoms with Crippen LogP contribution < -0.4 is 0 Å². The highest BCUT2D eigenvalue weighted by Gasteiger charge is 2.24. The van der Waals surface area contributed by atoms with Gasteiger partial charge in [0.25, 0.3) is 0 Å². The lowest BCUT2D eigenvalue weighted by atomic mass is 9.89. The van der Waals surface area contributed by atoms with E-state index in [-0.39, 0.29) is 86.9 Å². The van der Waals surface area contributed by atoms with Crippen LogP contribution in [0.15, 0.2) is 97.2 Å². The van der Waals surface area contributed by atoms with Gasteiger partial charge < -0.3 is 33.2 Å². The van der Waals surface area contributed by atoms with Crippen molar-refractivity contribution >= 4 is 41.2 Å². The van der Waals surface area contributed by atoms with Crippen molar-refractivity contribution in [3.63, 3.8) is 0 Å². The molecule has 458 valence electrons. The quantitative estimate of drug-likeness (QED) is 0.0515. The summed E-state index contributed by atoms with van der Waals surface area (Å²) in [5.41, 5.74) is 1.75. The van der Waals surface area contributed by atoms with Gasteiger partial charge in [0.2, 0.25) is 0 Å². The van der Waals surface area contributed by atoms with E-state index in [0.29, 0.717) is 38.4 Å². The van der Waals surface area contributed by atoms with Crippen molar-refractivity contribution in [2.24, 2.45) is 21.7 Å². The zero-order valence-corrected chi connectivity index (χ0v) is 55.0. The lowest BCUT2D eigenvalue weighted by Crippen LogP contribution is -2.28. The van der Waals surface area contributed by atoms with Crippen LogP contribution in [0.25, 0.3) is 0 Å². The second-order valence-electron chi connectivity index (χ2n) is 24.6. The third kappa shape index (κ3) is 74.8. The van der Waals surface area contributed by atoms with Gasteiger partial charge in [-0.25, -0.2) is 19.2 Å². The minimum Gasteiger partial charge on any atom is -0.466 e. The highest BCUT2D eigenvalue weighted by atomic mass is 16.6. The van der Waals surface area contributed by atoms with Gasteiger partial charge in [0.1, 0.15) is 6.10 Å². The molecule has 0 saturated carbocycles.